The van der Waals surface area contributed by atoms with Crippen molar-refractivity contribution in [1.29, 1.82) is 0 Å². The number of nitrogens with zero attached hydrogens (tertiary/aromatic N) is 1. The van der Waals surface area contributed by atoms with Crippen LogP contribution in [0.5, 0.6) is 5.75 Å². The van der Waals surface area contributed by atoms with Crippen molar-refractivity contribution in [3.8, 4) is 5.75 Å². The molecular formula is C11H13F3N2O3. The van der Waals surface area contributed by atoms with Crippen LogP contribution in [-0.4, -0.2) is 23.0 Å². The van der Waals surface area contributed by atoms with Gasteiger partial charge in [-0.1, -0.05) is 0 Å². The Morgan fingerprint density at radius 3 is 2.42 bits per heavy atom. The molecular weight excluding hydrogens is 265 g/mol. The molecule has 106 valence electrons. The lowest BCUT2D eigenvalue weighted by molar-refractivity contribution is -0.274. The van der Waals surface area contributed by atoms with E-state index < -0.39 is 23.8 Å². The van der Waals surface area contributed by atoms with Gasteiger partial charge in [0.05, 0.1) is 18.1 Å². The van der Waals surface area contributed by atoms with E-state index in [1.165, 1.54) is 6.20 Å². The molecule has 1 aromatic rings. The predicted octanol–water partition coefficient (Wildman–Crippen LogP) is 3.33. The zero-order valence-corrected chi connectivity index (χ0v) is 10.5. The Hall–Kier alpha value is -1.99. The molecule has 0 aliphatic rings. The summed E-state index contributed by atoms with van der Waals surface area (Å²) in [6, 6.07) is 0.990. The van der Waals surface area contributed by atoms with Crippen LogP contribution in [0.2, 0.25) is 0 Å². The van der Waals surface area contributed by atoms with Crippen LogP contribution in [0.1, 0.15) is 20.8 Å². The lowest BCUT2D eigenvalue weighted by Crippen LogP contribution is -2.27. The highest BCUT2D eigenvalue weighted by molar-refractivity contribution is 5.84. The van der Waals surface area contributed by atoms with Gasteiger partial charge in [-0.2, -0.15) is 0 Å². The molecule has 0 saturated heterocycles. The van der Waals surface area contributed by atoms with E-state index in [9.17, 15) is 18.0 Å². The molecule has 19 heavy (non-hydrogen) atoms. The van der Waals surface area contributed by atoms with Gasteiger partial charge in [-0.15, -0.1) is 13.2 Å². The summed E-state index contributed by atoms with van der Waals surface area (Å²) in [4.78, 5) is 14.9. The van der Waals surface area contributed by atoms with Crippen molar-refractivity contribution >= 4 is 11.8 Å². The number of hydrogen-bond acceptors (Lipinski definition) is 4. The molecule has 0 radical (unpaired) electrons. The second kappa shape index (κ2) is 5.33. The van der Waals surface area contributed by atoms with Crippen molar-refractivity contribution in [2.75, 3.05) is 5.32 Å². The Morgan fingerprint density at radius 2 is 1.89 bits per heavy atom. The third-order valence-electron chi connectivity index (χ3n) is 1.59. The van der Waals surface area contributed by atoms with Gasteiger partial charge in [0, 0.05) is 6.07 Å². The lowest BCUT2D eigenvalue weighted by Gasteiger charge is -2.19. The minimum Gasteiger partial charge on any atom is -0.444 e. The van der Waals surface area contributed by atoms with Gasteiger partial charge < -0.3 is 9.47 Å². The van der Waals surface area contributed by atoms with Crippen LogP contribution >= 0.6 is 0 Å². The fourth-order valence-corrected chi connectivity index (χ4v) is 1.10. The van der Waals surface area contributed by atoms with E-state index in [2.05, 4.69) is 15.0 Å². The molecule has 0 saturated carbocycles. The summed E-state index contributed by atoms with van der Waals surface area (Å²) in [5, 5.41) is 2.25. The topological polar surface area (TPSA) is 60.5 Å². The fraction of sp³-hybridized carbons (Fsp3) is 0.455. The number of carbonyl (C=O) groups excluding carboxylic acids is 1. The maximum atomic E-state index is 12.0. The number of carbonyl (C=O) groups is 1. The second-order valence-corrected chi connectivity index (χ2v) is 4.58. The summed E-state index contributed by atoms with van der Waals surface area (Å²) in [6.07, 6.45) is -3.55. The number of aromatic nitrogens is 1. The second-order valence-electron chi connectivity index (χ2n) is 4.58. The van der Waals surface area contributed by atoms with Gasteiger partial charge in [0.1, 0.15) is 11.4 Å². The molecule has 1 amide bonds. The van der Waals surface area contributed by atoms with Crippen molar-refractivity contribution in [3.05, 3.63) is 18.5 Å². The van der Waals surface area contributed by atoms with E-state index in [0.717, 1.165) is 12.3 Å². The average Bonchev–Trinajstić information content (AvgIpc) is 2.11. The summed E-state index contributed by atoms with van der Waals surface area (Å²) in [6.45, 7) is 4.98. The van der Waals surface area contributed by atoms with Gasteiger partial charge in [0.2, 0.25) is 0 Å². The van der Waals surface area contributed by atoms with Crippen molar-refractivity contribution < 1.29 is 27.4 Å². The Bertz CT molecular complexity index is 455. The number of hydrogen-bond donors (Lipinski definition) is 1. The molecule has 1 N–H and O–H groups in total. The van der Waals surface area contributed by atoms with Crippen LogP contribution in [0, 0.1) is 0 Å². The highest BCUT2D eigenvalue weighted by Crippen LogP contribution is 2.24. The van der Waals surface area contributed by atoms with Crippen LogP contribution in [0.15, 0.2) is 18.5 Å². The molecule has 8 heteroatoms. The molecule has 0 aliphatic carbocycles. The maximum Gasteiger partial charge on any atom is 0.573 e. The minimum absolute atomic E-state index is 0.0380. The van der Waals surface area contributed by atoms with Crippen LogP contribution in [-0.2, 0) is 4.74 Å². The molecule has 0 fully saturated rings. The first-order chi connectivity index (χ1) is 8.55. The number of anilines is 1. The summed E-state index contributed by atoms with van der Waals surface area (Å²) >= 11 is 0. The first-order valence-electron chi connectivity index (χ1n) is 5.26. The van der Waals surface area contributed by atoms with Gasteiger partial charge in [-0.05, 0) is 20.8 Å². The van der Waals surface area contributed by atoms with E-state index in [1.54, 1.807) is 20.8 Å². The molecule has 0 aliphatic heterocycles. The monoisotopic (exact) mass is 278 g/mol. The summed E-state index contributed by atoms with van der Waals surface area (Å²) in [5.74, 6) is -0.527. The average molecular weight is 278 g/mol. The van der Waals surface area contributed by atoms with Crippen LogP contribution in [0.25, 0.3) is 0 Å². The number of halogens is 3. The first kappa shape index (κ1) is 15.1. The number of nitrogens with one attached hydrogen (secondary N) is 1. The van der Waals surface area contributed by atoms with Gasteiger partial charge in [-0.25, -0.2) is 4.79 Å². The SMILES string of the molecule is CC(C)(C)OC(=O)Nc1cncc(OC(F)(F)F)c1. The Morgan fingerprint density at radius 1 is 1.26 bits per heavy atom. The quantitative estimate of drug-likeness (QED) is 0.901. The van der Waals surface area contributed by atoms with Crippen LogP contribution in [0.4, 0.5) is 23.7 Å². The third kappa shape index (κ3) is 6.49. The van der Waals surface area contributed by atoms with Crippen molar-refractivity contribution in [3.63, 3.8) is 0 Å². The molecule has 0 spiro atoms. The number of pyridine rings is 1. The molecule has 1 heterocycles. The summed E-state index contributed by atoms with van der Waals surface area (Å²) in [7, 11) is 0. The number of alkyl halides is 3. The number of amides is 1. The number of rotatable bonds is 2. The number of ether oxygens (including phenoxy) is 2. The largest absolute Gasteiger partial charge is 0.573 e. The van der Waals surface area contributed by atoms with E-state index >= 15 is 0 Å². The van der Waals surface area contributed by atoms with Crippen molar-refractivity contribution in [2.24, 2.45) is 0 Å². The minimum atomic E-state index is -4.81. The van der Waals surface area contributed by atoms with Crippen molar-refractivity contribution in [1.82, 2.24) is 4.98 Å². The lowest BCUT2D eigenvalue weighted by atomic mass is 10.2. The van der Waals surface area contributed by atoms with Gasteiger partial charge >= 0.3 is 12.5 Å². The van der Waals surface area contributed by atoms with Gasteiger partial charge in [-0.3, -0.25) is 10.3 Å². The summed E-state index contributed by atoms with van der Waals surface area (Å²) < 4.78 is 44.6. The maximum absolute atomic E-state index is 12.0. The first-order valence-corrected chi connectivity index (χ1v) is 5.26. The molecule has 0 aromatic carbocycles. The van der Waals surface area contributed by atoms with E-state index in [0.29, 0.717) is 0 Å². The van der Waals surface area contributed by atoms with Gasteiger partial charge in [0.25, 0.3) is 0 Å². The van der Waals surface area contributed by atoms with E-state index in [4.69, 9.17) is 4.74 Å². The molecule has 0 atom stereocenters. The standard InChI is InChI=1S/C11H13F3N2O3/c1-10(2,3)19-9(17)16-7-4-8(6-15-5-7)18-11(12,13)14/h4-6H,1-3H3,(H,16,17). The van der Waals surface area contributed by atoms with E-state index in [-0.39, 0.29) is 5.69 Å². The Kier molecular flexibility index (Phi) is 4.23. The van der Waals surface area contributed by atoms with Crippen molar-refractivity contribution in [2.45, 2.75) is 32.7 Å². The molecule has 5 nitrogen and oxygen atoms in total. The van der Waals surface area contributed by atoms with Crippen LogP contribution < -0.4 is 10.1 Å². The third-order valence-corrected chi connectivity index (χ3v) is 1.59. The highest BCUT2D eigenvalue weighted by atomic mass is 19.4. The highest BCUT2D eigenvalue weighted by Gasteiger charge is 2.31. The van der Waals surface area contributed by atoms with Crippen LogP contribution in [0.3, 0.4) is 0 Å². The Balaban J connectivity index is 2.70. The fourth-order valence-electron chi connectivity index (χ4n) is 1.10. The molecule has 0 bridgehead atoms. The van der Waals surface area contributed by atoms with Gasteiger partial charge in [0.15, 0.2) is 0 Å². The molecule has 1 aromatic heterocycles. The zero-order chi connectivity index (χ0) is 14.7. The zero-order valence-electron chi connectivity index (χ0n) is 10.5. The summed E-state index contributed by atoms with van der Waals surface area (Å²) in [5.41, 5.74) is -0.673. The molecule has 1 rings (SSSR count). The normalized spacial score (nSPS) is 11.9. The predicted molar refractivity (Wildman–Crippen MR) is 60.8 cm³/mol. The van der Waals surface area contributed by atoms with E-state index in [1.807, 2.05) is 0 Å². The molecule has 0 unspecified atom stereocenters. The Labute approximate surface area is 107 Å². The smallest absolute Gasteiger partial charge is 0.444 e.